The van der Waals surface area contributed by atoms with Crippen LogP contribution in [0.2, 0.25) is 10.0 Å². The Morgan fingerprint density at radius 3 is 2.40 bits per heavy atom. The molecule has 0 spiro atoms. The zero-order chi connectivity index (χ0) is 17.4. The molecule has 2 aliphatic heterocycles. The van der Waals surface area contributed by atoms with Crippen LogP contribution in [0, 0.1) is 0 Å². The van der Waals surface area contributed by atoms with Gasteiger partial charge in [-0.15, -0.1) is 11.8 Å². The van der Waals surface area contributed by atoms with Gasteiger partial charge in [-0.25, -0.2) is 0 Å². The first kappa shape index (κ1) is 17.1. The number of thioether (sulfide) groups is 1. The molecule has 25 heavy (non-hydrogen) atoms. The number of benzene rings is 2. The topological polar surface area (TPSA) is 29.5 Å². The smallest absolute Gasteiger partial charge is 0.224 e. The van der Waals surface area contributed by atoms with Crippen LogP contribution in [0.3, 0.4) is 0 Å². The molecule has 0 radical (unpaired) electrons. The minimum atomic E-state index is -0.282. The number of carbonyl (C=O) groups excluding carboxylic acids is 1. The summed E-state index contributed by atoms with van der Waals surface area (Å²) in [5.41, 5.74) is 1.14. The maximum Gasteiger partial charge on any atom is 0.224 e. The maximum atomic E-state index is 12.4. The lowest BCUT2D eigenvalue weighted by Crippen LogP contribution is -2.36. The molecule has 0 aromatic heterocycles. The SMILES string of the molecule is O=C1CC[C@]2(c3ccc(Cl)cc3)S[C@H](COc3ccc(Cl)cc3)CN12. The highest BCUT2D eigenvalue weighted by molar-refractivity contribution is 8.01. The van der Waals surface area contributed by atoms with E-state index in [1.165, 1.54) is 0 Å². The summed E-state index contributed by atoms with van der Waals surface area (Å²) in [5.74, 6) is 1.01. The number of rotatable bonds is 4. The molecule has 4 rings (SSSR count). The number of amides is 1. The Hall–Kier alpha value is -1.36. The van der Waals surface area contributed by atoms with Crippen molar-refractivity contribution in [2.24, 2.45) is 0 Å². The molecule has 2 saturated heterocycles. The molecular formula is C19H17Cl2NO2S. The number of carbonyl (C=O) groups is 1. The first-order chi connectivity index (χ1) is 12.1. The van der Waals surface area contributed by atoms with Gasteiger partial charge in [0.25, 0.3) is 0 Å². The molecule has 6 heteroatoms. The normalized spacial score (nSPS) is 25.3. The quantitative estimate of drug-likeness (QED) is 0.734. The van der Waals surface area contributed by atoms with Crippen LogP contribution in [0.25, 0.3) is 0 Å². The average Bonchev–Trinajstić information content (AvgIpc) is 3.13. The first-order valence-corrected chi connectivity index (χ1v) is 9.83. The van der Waals surface area contributed by atoms with Gasteiger partial charge in [0.2, 0.25) is 5.91 Å². The van der Waals surface area contributed by atoms with E-state index >= 15 is 0 Å². The molecule has 0 unspecified atom stereocenters. The lowest BCUT2D eigenvalue weighted by Gasteiger charge is -2.31. The number of hydrogen-bond donors (Lipinski definition) is 0. The summed E-state index contributed by atoms with van der Waals surface area (Å²) in [7, 11) is 0. The Bertz CT molecular complexity index is 781. The minimum Gasteiger partial charge on any atom is -0.492 e. The molecule has 3 nitrogen and oxygen atoms in total. The molecule has 2 fully saturated rings. The van der Waals surface area contributed by atoms with Gasteiger partial charge in [-0.05, 0) is 48.4 Å². The van der Waals surface area contributed by atoms with Gasteiger partial charge in [0.1, 0.15) is 17.2 Å². The zero-order valence-corrected chi connectivity index (χ0v) is 15.8. The van der Waals surface area contributed by atoms with Gasteiger partial charge in [-0.2, -0.15) is 0 Å². The first-order valence-electron chi connectivity index (χ1n) is 8.19. The predicted octanol–water partition coefficient (Wildman–Crippen LogP) is 4.96. The third-order valence-corrected chi connectivity index (χ3v) is 6.88. The van der Waals surface area contributed by atoms with E-state index in [0.29, 0.717) is 29.6 Å². The molecular weight excluding hydrogens is 377 g/mol. The highest BCUT2D eigenvalue weighted by atomic mass is 35.5. The number of nitrogens with zero attached hydrogens (tertiary/aromatic N) is 1. The summed E-state index contributed by atoms with van der Waals surface area (Å²) >= 11 is 13.8. The molecule has 0 saturated carbocycles. The molecule has 2 aromatic carbocycles. The Balaban J connectivity index is 1.51. The Morgan fingerprint density at radius 1 is 1.08 bits per heavy atom. The van der Waals surface area contributed by atoms with Gasteiger partial charge >= 0.3 is 0 Å². The second-order valence-corrected chi connectivity index (χ2v) is 8.75. The molecule has 0 N–H and O–H groups in total. The van der Waals surface area contributed by atoms with Crippen LogP contribution in [0.4, 0.5) is 0 Å². The predicted molar refractivity (Wildman–Crippen MR) is 102 cm³/mol. The van der Waals surface area contributed by atoms with Crippen molar-refractivity contribution in [1.82, 2.24) is 4.90 Å². The lowest BCUT2D eigenvalue weighted by molar-refractivity contribution is -0.129. The second-order valence-electron chi connectivity index (χ2n) is 6.30. The molecule has 1 amide bonds. The molecule has 130 valence electrons. The Labute approximate surface area is 161 Å². The fourth-order valence-corrected chi connectivity index (χ4v) is 5.48. The summed E-state index contributed by atoms with van der Waals surface area (Å²) in [6.07, 6.45) is 1.43. The van der Waals surface area contributed by atoms with Crippen LogP contribution in [0.15, 0.2) is 48.5 Å². The van der Waals surface area contributed by atoms with Crippen LogP contribution in [0.1, 0.15) is 18.4 Å². The van der Waals surface area contributed by atoms with Crippen LogP contribution in [0.5, 0.6) is 5.75 Å². The monoisotopic (exact) mass is 393 g/mol. The van der Waals surface area contributed by atoms with E-state index in [2.05, 4.69) is 0 Å². The van der Waals surface area contributed by atoms with Crippen molar-refractivity contribution in [3.63, 3.8) is 0 Å². The average molecular weight is 394 g/mol. The van der Waals surface area contributed by atoms with Gasteiger partial charge < -0.3 is 9.64 Å². The number of fused-ring (bicyclic) bond motifs is 1. The fraction of sp³-hybridized carbons (Fsp3) is 0.316. The van der Waals surface area contributed by atoms with Crippen LogP contribution in [-0.2, 0) is 9.67 Å². The molecule has 2 aromatic rings. The van der Waals surface area contributed by atoms with Crippen LogP contribution < -0.4 is 4.74 Å². The second kappa shape index (κ2) is 6.75. The summed E-state index contributed by atoms with van der Waals surface area (Å²) in [5, 5.41) is 1.63. The van der Waals surface area contributed by atoms with E-state index in [-0.39, 0.29) is 16.0 Å². The third-order valence-electron chi connectivity index (χ3n) is 4.71. The van der Waals surface area contributed by atoms with Gasteiger partial charge in [-0.1, -0.05) is 35.3 Å². The third kappa shape index (κ3) is 3.23. The van der Waals surface area contributed by atoms with Gasteiger partial charge in [0.15, 0.2) is 0 Å². The standard InChI is InChI=1S/C19H17Cl2NO2S/c20-14-3-1-13(2-4-14)19-10-9-18(23)22(19)11-17(25-19)12-24-16-7-5-15(21)6-8-16/h1-8,17H,9-12H2/t17-,19+/m0/s1. The lowest BCUT2D eigenvalue weighted by atomic mass is 10.0. The van der Waals surface area contributed by atoms with Crippen LogP contribution >= 0.6 is 35.0 Å². The Morgan fingerprint density at radius 2 is 1.72 bits per heavy atom. The summed E-state index contributed by atoms with van der Waals surface area (Å²) in [6.45, 7) is 1.27. The van der Waals surface area contributed by atoms with E-state index in [4.69, 9.17) is 27.9 Å². The van der Waals surface area contributed by atoms with E-state index in [9.17, 15) is 4.79 Å². The maximum absolute atomic E-state index is 12.4. The van der Waals surface area contributed by atoms with Crippen LogP contribution in [-0.4, -0.2) is 29.2 Å². The van der Waals surface area contributed by atoms with Crippen molar-refractivity contribution >= 4 is 40.9 Å². The summed E-state index contributed by atoms with van der Waals surface area (Å²) in [4.78, 5) is 14.1. The number of hydrogen-bond acceptors (Lipinski definition) is 3. The molecule has 2 aliphatic rings. The Kier molecular flexibility index (Phi) is 4.61. The highest BCUT2D eigenvalue weighted by Crippen LogP contribution is 2.55. The summed E-state index contributed by atoms with van der Waals surface area (Å²) in [6, 6.07) is 15.2. The van der Waals surface area contributed by atoms with Gasteiger partial charge in [-0.3, -0.25) is 4.79 Å². The molecule has 0 bridgehead atoms. The van der Waals surface area contributed by atoms with E-state index in [1.807, 2.05) is 65.2 Å². The van der Waals surface area contributed by atoms with Gasteiger partial charge in [0, 0.05) is 23.0 Å². The minimum absolute atomic E-state index is 0.219. The number of halogens is 2. The van der Waals surface area contributed by atoms with Crippen molar-refractivity contribution in [2.45, 2.75) is 23.0 Å². The van der Waals surface area contributed by atoms with E-state index < -0.39 is 0 Å². The largest absolute Gasteiger partial charge is 0.492 e. The zero-order valence-electron chi connectivity index (χ0n) is 13.5. The molecule has 2 heterocycles. The van der Waals surface area contributed by atoms with Gasteiger partial charge in [0.05, 0.1) is 5.25 Å². The van der Waals surface area contributed by atoms with E-state index in [0.717, 1.165) is 17.7 Å². The molecule has 0 aliphatic carbocycles. The highest BCUT2D eigenvalue weighted by Gasteiger charge is 2.53. The van der Waals surface area contributed by atoms with Crippen molar-refractivity contribution in [2.75, 3.05) is 13.2 Å². The van der Waals surface area contributed by atoms with Crippen molar-refractivity contribution < 1.29 is 9.53 Å². The van der Waals surface area contributed by atoms with Crippen molar-refractivity contribution in [3.05, 3.63) is 64.1 Å². The van der Waals surface area contributed by atoms with E-state index in [1.54, 1.807) is 0 Å². The molecule has 2 atom stereocenters. The van der Waals surface area contributed by atoms with Crippen molar-refractivity contribution in [1.29, 1.82) is 0 Å². The summed E-state index contributed by atoms with van der Waals surface area (Å²) < 4.78 is 5.91. The number of ether oxygens (including phenoxy) is 1. The fourth-order valence-electron chi connectivity index (χ4n) is 3.52. The van der Waals surface area contributed by atoms with Crippen molar-refractivity contribution in [3.8, 4) is 5.75 Å².